The highest BCUT2D eigenvalue weighted by Gasteiger charge is 2.49. The van der Waals surface area contributed by atoms with E-state index in [1.54, 1.807) is 19.9 Å². The van der Waals surface area contributed by atoms with E-state index in [2.05, 4.69) is 6.58 Å². The van der Waals surface area contributed by atoms with E-state index in [0.29, 0.717) is 26.3 Å². The zero-order valence-electron chi connectivity index (χ0n) is 13.3. The number of carbonyl (C=O) groups excluding carboxylic acids is 2. The van der Waals surface area contributed by atoms with Gasteiger partial charge >= 0.3 is 11.9 Å². The van der Waals surface area contributed by atoms with E-state index in [1.165, 1.54) is 0 Å². The van der Waals surface area contributed by atoms with E-state index >= 15 is 0 Å². The second-order valence-corrected chi connectivity index (χ2v) is 4.90. The van der Waals surface area contributed by atoms with Crippen LogP contribution in [0, 0.1) is 5.41 Å². The molecule has 0 amide bonds. The highest BCUT2D eigenvalue weighted by molar-refractivity contribution is 6.00. The highest BCUT2D eigenvalue weighted by Crippen LogP contribution is 2.29. The Morgan fingerprint density at radius 1 is 1.18 bits per heavy atom. The van der Waals surface area contributed by atoms with Crippen LogP contribution in [-0.2, 0) is 23.8 Å². The summed E-state index contributed by atoms with van der Waals surface area (Å²) in [5, 5.41) is 0. The third-order valence-electron chi connectivity index (χ3n) is 3.42. The Labute approximate surface area is 138 Å². The normalized spacial score (nSPS) is 15.5. The molecule has 0 aromatic carbocycles. The van der Waals surface area contributed by atoms with Crippen LogP contribution in [0.25, 0.3) is 0 Å². The summed E-state index contributed by atoms with van der Waals surface area (Å²) in [4.78, 5) is 26.9. The molecule has 0 aromatic rings. The Balaban J connectivity index is 0.00000441. The van der Waals surface area contributed by atoms with Crippen LogP contribution in [0.15, 0.2) is 12.7 Å². The van der Waals surface area contributed by atoms with Gasteiger partial charge in [-0.1, -0.05) is 6.08 Å². The average molecular weight is 335 g/mol. The first-order valence-corrected chi connectivity index (χ1v) is 7.36. The maximum atomic E-state index is 12.4. The van der Waals surface area contributed by atoms with Gasteiger partial charge in [0.15, 0.2) is 5.41 Å². The van der Waals surface area contributed by atoms with Crippen LogP contribution in [0.5, 0.6) is 0 Å². The molecule has 0 spiro atoms. The van der Waals surface area contributed by atoms with Crippen molar-refractivity contribution in [2.24, 2.45) is 5.41 Å². The lowest BCUT2D eigenvalue weighted by Gasteiger charge is -2.35. The van der Waals surface area contributed by atoms with Gasteiger partial charge in [0, 0.05) is 19.6 Å². The number of hydrogen-bond acceptors (Lipinski definition) is 6. The standard InChI is InChI=1S/C15H25NO5.ClH/c1-4-7-15(13(17)20-5-2,14(18)21-6-3)12-16-8-10-19-11-9-16;/h4H,1,5-12H2,2-3H3;1H/p-1. The Morgan fingerprint density at radius 2 is 1.68 bits per heavy atom. The highest BCUT2D eigenvalue weighted by atomic mass is 35.5. The van der Waals surface area contributed by atoms with Crippen LogP contribution in [-0.4, -0.2) is 62.9 Å². The molecular formula is C15H25ClNO5-. The predicted molar refractivity (Wildman–Crippen MR) is 77.8 cm³/mol. The number of halogens is 1. The lowest BCUT2D eigenvalue weighted by molar-refractivity contribution is -0.174. The van der Waals surface area contributed by atoms with Gasteiger partial charge in [0.1, 0.15) is 0 Å². The zero-order chi connectivity index (χ0) is 15.7. The minimum atomic E-state index is -1.34. The molecule has 1 rings (SSSR count). The van der Waals surface area contributed by atoms with Gasteiger partial charge in [-0.05, 0) is 20.3 Å². The van der Waals surface area contributed by atoms with Crippen LogP contribution in [0.2, 0.25) is 0 Å². The number of allylic oxidation sites excluding steroid dienone is 1. The van der Waals surface area contributed by atoms with Crippen molar-refractivity contribution in [2.45, 2.75) is 20.3 Å². The van der Waals surface area contributed by atoms with Gasteiger partial charge in [0.05, 0.1) is 26.4 Å². The lowest BCUT2D eigenvalue weighted by atomic mass is 9.83. The maximum Gasteiger partial charge on any atom is 0.325 e. The van der Waals surface area contributed by atoms with Crippen LogP contribution in [0.1, 0.15) is 20.3 Å². The second-order valence-electron chi connectivity index (χ2n) is 4.90. The lowest BCUT2D eigenvalue weighted by Crippen LogP contribution is -3.00. The minimum Gasteiger partial charge on any atom is -1.00 e. The van der Waals surface area contributed by atoms with Gasteiger partial charge in [0.25, 0.3) is 0 Å². The molecule has 0 N–H and O–H groups in total. The van der Waals surface area contributed by atoms with Crippen molar-refractivity contribution in [3.8, 4) is 0 Å². The average Bonchev–Trinajstić information content (AvgIpc) is 2.48. The van der Waals surface area contributed by atoms with Crippen molar-refractivity contribution in [1.29, 1.82) is 0 Å². The monoisotopic (exact) mass is 334 g/mol. The quantitative estimate of drug-likeness (QED) is 0.291. The van der Waals surface area contributed by atoms with Crippen molar-refractivity contribution in [3.63, 3.8) is 0 Å². The van der Waals surface area contributed by atoms with Gasteiger partial charge < -0.3 is 26.6 Å². The molecule has 0 bridgehead atoms. The molecule has 1 aliphatic rings. The molecule has 0 atom stereocenters. The molecular weight excluding hydrogens is 310 g/mol. The van der Waals surface area contributed by atoms with Crippen molar-refractivity contribution in [3.05, 3.63) is 12.7 Å². The largest absolute Gasteiger partial charge is 1.00 e. The van der Waals surface area contributed by atoms with Crippen molar-refractivity contribution >= 4 is 11.9 Å². The molecule has 6 nitrogen and oxygen atoms in total. The fourth-order valence-electron chi connectivity index (χ4n) is 2.37. The van der Waals surface area contributed by atoms with E-state index in [0.717, 1.165) is 0 Å². The SMILES string of the molecule is C=CCC(CN1CCOCC1)(C(=O)OCC)C(=O)OCC.[Cl-]. The van der Waals surface area contributed by atoms with E-state index in [4.69, 9.17) is 14.2 Å². The molecule has 1 aliphatic heterocycles. The number of morpholine rings is 1. The molecule has 128 valence electrons. The maximum absolute atomic E-state index is 12.4. The summed E-state index contributed by atoms with van der Waals surface area (Å²) in [7, 11) is 0. The van der Waals surface area contributed by atoms with Crippen LogP contribution < -0.4 is 12.4 Å². The van der Waals surface area contributed by atoms with Gasteiger partial charge in [0.2, 0.25) is 0 Å². The summed E-state index contributed by atoms with van der Waals surface area (Å²) >= 11 is 0. The fourth-order valence-corrected chi connectivity index (χ4v) is 2.37. The van der Waals surface area contributed by atoms with Crippen molar-refractivity contribution in [2.75, 3.05) is 46.1 Å². The van der Waals surface area contributed by atoms with Gasteiger partial charge in [-0.25, -0.2) is 0 Å². The zero-order valence-corrected chi connectivity index (χ0v) is 14.1. The van der Waals surface area contributed by atoms with E-state index < -0.39 is 17.4 Å². The summed E-state index contributed by atoms with van der Waals surface area (Å²) in [6.07, 6.45) is 1.76. The summed E-state index contributed by atoms with van der Waals surface area (Å²) in [6.45, 7) is 10.4. The van der Waals surface area contributed by atoms with Gasteiger partial charge in [-0.2, -0.15) is 0 Å². The number of esters is 2. The minimum absolute atomic E-state index is 0. The predicted octanol–water partition coefficient (Wildman–Crippen LogP) is -1.99. The number of rotatable bonds is 8. The number of carbonyl (C=O) groups is 2. The molecule has 0 unspecified atom stereocenters. The Morgan fingerprint density at radius 3 is 2.09 bits per heavy atom. The summed E-state index contributed by atoms with van der Waals surface area (Å²) in [6, 6.07) is 0. The third kappa shape index (κ3) is 5.26. The van der Waals surface area contributed by atoms with Crippen LogP contribution in [0.4, 0.5) is 0 Å². The summed E-state index contributed by atoms with van der Waals surface area (Å²) < 4.78 is 15.5. The van der Waals surface area contributed by atoms with Crippen LogP contribution >= 0.6 is 0 Å². The van der Waals surface area contributed by atoms with E-state index in [9.17, 15) is 9.59 Å². The molecule has 1 heterocycles. The summed E-state index contributed by atoms with van der Waals surface area (Å²) in [5.74, 6) is -1.09. The Bertz CT molecular complexity index is 351. The molecule has 22 heavy (non-hydrogen) atoms. The van der Waals surface area contributed by atoms with E-state index in [-0.39, 0.29) is 38.6 Å². The third-order valence-corrected chi connectivity index (χ3v) is 3.42. The first kappa shape index (κ1) is 20.9. The molecule has 0 aromatic heterocycles. The Kier molecular flexibility index (Phi) is 10.1. The van der Waals surface area contributed by atoms with Crippen molar-refractivity contribution in [1.82, 2.24) is 4.90 Å². The molecule has 1 saturated heterocycles. The van der Waals surface area contributed by atoms with E-state index in [1.807, 2.05) is 4.90 Å². The molecule has 0 saturated carbocycles. The summed E-state index contributed by atoms with van der Waals surface area (Å²) in [5.41, 5.74) is -1.34. The topological polar surface area (TPSA) is 65.1 Å². The second kappa shape index (κ2) is 10.6. The van der Waals surface area contributed by atoms with Gasteiger partial charge in [-0.3, -0.25) is 14.5 Å². The van der Waals surface area contributed by atoms with Crippen LogP contribution in [0.3, 0.4) is 0 Å². The first-order valence-electron chi connectivity index (χ1n) is 7.36. The Hall–Kier alpha value is -1.11. The smallest absolute Gasteiger partial charge is 0.325 e. The van der Waals surface area contributed by atoms with Crippen molar-refractivity contribution < 1.29 is 36.2 Å². The number of hydrogen-bond donors (Lipinski definition) is 0. The number of ether oxygens (including phenoxy) is 3. The first-order chi connectivity index (χ1) is 10.1. The number of nitrogens with zero attached hydrogens (tertiary/aromatic N) is 1. The van der Waals surface area contributed by atoms with Gasteiger partial charge in [-0.15, -0.1) is 6.58 Å². The fraction of sp³-hybridized carbons (Fsp3) is 0.733. The molecule has 7 heteroatoms. The molecule has 0 radical (unpaired) electrons. The molecule has 0 aliphatic carbocycles. The molecule has 1 fully saturated rings.